The number of anilines is 1. The van der Waals surface area contributed by atoms with Crippen LogP contribution in [0, 0.1) is 0 Å². The third kappa shape index (κ3) is 4.42. The minimum absolute atomic E-state index is 0.0665. The lowest BCUT2D eigenvalue weighted by atomic mass is 10.1. The van der Waals surface area contributed by atoms with Crippen molar-refractivity contribution in [2.75, 3.05) is 38.0 Å². The summed E-state index contributed by atoms with van der Waals surface area (Å²) in [6.45, 7) is 3.64. The maximum Gasteiger partial charge on any atom is 0.407 e. The lowest BCUT2D eigenvalue weighted by Crippen LogP contribution is -2.51. The number of hydrogen-bond donors (Lipinski definition) is 2. The predicted molar refractivity (Wildman–Crippen MR) is 90.5 cm³/mol. The molecule has 0 aromatic heterocycles. The van der Waals surface area contributed by atoms with Gasteiger partial charge in [0.2, 0.25) is 5.91 Å². The molecule has 1 aromatic carbocycles. The molecular weight excluding hydrogens is 341 g/mol. The van der Waals surface area contributed by atoms with Crippen LogP contribution in [0.3, 0.4) is 0 Å². The van der Waals surface area contributed by atoms with Crippen molar-refractivity contribution in [2.45, 2.75) is 13.3 Å². The maximum atomic E-state index is 12.2. The Hall–Kier alpha value is -1.66. The molecule has 2 amide bonds. The van der Waals surface area contributed by atoms with Crippen molar-refractivity contribution >= 4 is 40.9 Å². The van der Waals surface area contributed by atoms with Gasteiger partial charge in [-0.3, -0.25) is 4.79 Å². The van der Waals surface area contributed by atoms with Gasteiger partial charge in [0.05, 0.1) is 16.6 Å². The van der Waals surface area contributed by atoms with Gasteiger partial charge in [-0.15, -0.1) is 0 Å². The molecule has 1 saturated heterocycles. The summed E-state index contributed by atoms with van der Waals surface area (Å²) in [5, 5.41) is 12.9. The van der Waals surface area contributed by atoms with Crippen molar-refractivity contribution in [3.63, 3.8) is 0 Å². The van der Waals surface area contributed by atoms with Crippen molar-refractivity contribution in [3.8, 4) is 0 Å². The number of carbonyl (C=O) groups excluding carboxylic acids is 1. The van der Waals surface area contributed by atoms with Crippen molar-refractivity contribution in [1.82, 2.24) is 9.80 Å². The van der Waals surface area contributed by atoms with Gasteiger partial charge in [-0.2, -0.15) is 0 Å². The average Bonchev–Trinajstić information content (AvgIpc) is 2.55. The van der Waals surface area contributed by atoms with E-state index in [1.54, 1.807) is 17.0 Å². The molecule has 8 heteroatoms. The van der Waals surface area contributed by atoms with E-state index < -0.39 is 6.09 Å². The van der Waals surface area contributed by atoms with Crippen LogP contribution < -0.4 is 5.32 Å². The van der Waals surface area contributed by atoms with Crippen LogP contribution >= 0.6 is 23.2 Å². The minimum Gasteiger partial charge on any atom is -0.465 e. The Balaban J connectivity index is 1.92. The van der Waals surface area contributed by atoms with Crippen LogP contribution in [0.25, 0.3) is 0 Å². The Kier molecular flexibility index (Phi) is 5.96. The van der Waals surface area contributed by atoms with Crippen molar-refractivity contribution < 1.29 is 14.7 Å². The van der Waals surface area contributed by atoms with Gasteiger partial charge in [0.1, 0.15) is 0 Å². The van der Waals surface area contributed by atoms with Crippen LogP contribution in [0.15, 0.2) is 12.1 Å². The number of benzene rings is 1. The van der Waals surface area contributed by atoms with E-state index in [1.165, 1.54) is 4.90 Å². The number of amides is 2. The van der Waals surface area contributed by atoms with E-state index in [4.69, 9.17) is 28.3 Å². The zero-order chi connectivity index (χ0) is 17.0. The van der Waals surface area contributed by atoms with Gasteiger partial charge in [0.25, 0.3) is 0 Å². The van der Waals surface area contributed by atoms with Crippen LogP contribution in [-0.2, 0) is 11.2 Å². The number of nitrogens with one attached hydrogen (secondary N) is 1. The highest BCUT2D eigenvalue weighted by Gasteiger charge is 2.23. The van der Waals surface area contributed by atoms with Gasteiger partial charge in [0, 0.05) is 31.9 Å². The topological polar surface area (TPSA) is 72.9 Å². The quantitative estimate of drug-likeness (QED) is 0.866. The largest absolute Gasteiger partial charge is 0.465 e. The van der Waals surface area contributed by atoms with E-state index in [0.29, 0.717) is 36.2 Å². The Bertz CT molecular complexity index is 602. The van der Waals surface area contributed by atoms with E-state index in [0.717, 1.165) is 17.7 Å². The van der Waals surface area contributed by atoms with Gasteiger partial charge in [0.15, 0.2) is 0 Å². The zero-order valence-electron chi connectivity index (χ0n) is 12.8. The number of halogens is 2. The molecule has 126 valence electrons. The summed E-state index contributed by atoms with van der Waals surface area (Å²) in [5.41, 5.74) is 1.78. The fourth-order valence-corrected chi connectivity index (χ4v) is 2.82. The first-order valence-electron chi connectivity index (χ1n) is 7.39. The normalized spacial score (nSPS) is 14.7. The molecule has 0 bridgehead atoms. The number of carbonyl (C=O) groups is 2. The summed E-state index contributed by atoms with van der Waals surface area (Å²) >= 11 is 12.0. The molecule has 1 aliphatic rings. The first kappa shape index (κ1) is 17.7. The lowest BCUT2D eigenvalue weighted by Gasteiger charge is -2.33. The number of hydrogen-bond acceptors (Lipinski definition) is 3. The van der Waals surface area contributed by atoms with Gasteiger partial charge in [-0.25, -0.2) is 4.79 Å². The van der Waals surface area contributed by atoms with Crippen LogP contribution in [-0.4, -0.2) is 59.6 Å². The Labute approximate surface area is 145 Å². The van der Waals surface area contributed by atoms with E-state index >= 15 is 0 Å². The van der Waals surface area contributed by atoms with E-state index in [9.17, 15) is 9.59 Å². The van der Waals surface area contributed by atoms with E-state index in [-0.39, 0.29) is 12.5 Å². The van der Waals surface area contributed by atoms with E-state index in [2.05, 4.69) is 5.32 Å². The first-order valence-corrected chi connectivity index (χ1v) is 8.15. The highest BCUT2D eigenvalue weighted by atomic mass is 35.5. The van der Waals surface area contributed by atoms with Gasteiger partial charge in [-0.1, -0.05) is 30.1 Å². The summed E-state index contributed by atoms with van der Waals surface area (Å²) in [7, 11) is 0. The molecule has 1 fully saturated rings. The second-order valence-corrected chi connectivity index (χ2v) is 6.10. The lowest BCUT2D eigenvalue weighted by molar-refractivity contribution is -0.130. The SMILES string of the molecule is CCc1cc(Cl)c(Cl)cc1NCC(=O)N1CCN(C(=O)O)CC1. The molecule has 0 atom stereocenters. The third-order valence-electron chi connectivity index (χ3n) is 3.86. The summed E-state index contributed by atoms with van der Waals surface area (Å²) < 4.78 is 0. The van der Waals surface area contributed by atoms with Crippen molar-refractivity contribution in [2.24, 2.45) is 0 Å². The molecule has 2 rings (SSSR count). The molecule has 2 N–H and O–H groups in total. The highest BCUT2D eigenvalue weighted by Crippen LogP contribution is 2.29. The van der Waals surface area contributed by atoms with Crippen LogP contribution in [0.1, 0.15) is 12.5 Å². The Morgan fingerprint density at radius 2 is 1.70 bits per heavy atom. The number of rotatable bonds is 4. The Morgan fingerprint density at radius 3 is 2.26 bits per heavy atom. The molecule has 0 unspecified atom stereocenters. The molecule has 0 radical (unpaired) electrons. The number of aryl methyl sites for hydroxylation is 1. The summed E-state index contributed by atoms with van der Waals surface area (Å²) in [6, 6.07) is 3.51. The number of nitrogens with zero attached hydrogens (tertiary/aromatic N) is 2. The van der Waals surface area contributed by atoms with Gasteiger partial charge in [-0.05, 0) is 24.1 Å². The zero-order valence-corrected chi connectivity index (χ0v) is 14.3. The molecule has 1 aliphatic heterocycles. The summed E-state index contributed by atoms with van der Waals surface area (Å²) in [6.07, 6.45) is -0.177. The van der Waals surface area contributed by atoms with Crippen LogP contribution in [0.5, 0.6) is 0 Å². The molecular formula is C15H19Cl2N3O3. The molecule has 1 heterocycles. The van der Waals surface area contributed by atoms with Gasteiger partial charge < -0.3 is 20.2 Å². The predicted octanol–water partition coefficient (Wildman–Crippen LogP) is 2.79. The number of piperazine rings is 1. The fraction of sp³-hybridized carbons (Fsp3) is 0.467. The van der Waals surface area contributed by atoms with Crippen LogP contribution in [0.4, 0.5) is 10.5 Å². The molecule has 0 spiro atoms. The second kappa shape index (κ2) is 7.75. The standard InChI is InChI=1S/C15H19Cl2N3O3/c1-2-10-7-11(16)12(17)8-13(10)18-9-14(21)19-3-5-20(6-4-19)15(22)23/h7-8,18H,2-6,9H2,1H3,(H,22,23). The second-order valence-electron chi connectivity index (χ2n) is 5.28. The summed E-state index contributed by atoms with van der Waals surface area (Å²) in [5.74, 6) is -0.0665. The molecule has 1 aromatic rings. The molecule has 23 heavy (non-hydrogen) atoms. The van der Waals surface area contributed by atoms with Crippen molar-refractivity contribution in [1.29, 1.82) is 0 Å². The number of carboxylic acid groups (broad SMARTS) is 1. The Morgan fingerprint density at radius 1 is 1.13 bits per heavy atom. The molecule has 6 nitrogen and oxygen atoms in total. The van der Waals surface area contributed by atoms with Crippen LogP contribution in [0.2, 0.25) is 10.0 Å². The first-order chi connectivity index (χ1) is 10.9. The average molecular weight is 360 g/mol. The monoisotopic (exact) mass is 359 g/mol. The van der Waals surface area contributed by atoms with Crippen molar-refractivity contribution in [3.05, 3.63) is 27.7 Å². The summed E-state index contributed by atoms with van der Waals surface area (Å²) in [4.78, 5) is 26.1. The van der Waals surface area contributed by atoms with Gasteiger partial charge >= 0.3 is 6.09 Å². The maximum absolute atomic E-state index is 12.2. The fourth-order valence-electron chi connectivity index (χ4n) is 2.47. The highest BCUT2D eigenvalue weighted by molar-refractivity contribution is 6.42. The minimum atomic E-state index is -0.946. The molecule has 0 saturated carbocycles. The smallest absolute Gasteiger partial charge is 0.407 e. The third-order valence-corrected chi connectivity index (χ3v) is 4.58. The van der Waals surface area contributed by atoms with E-state index in [1.807, 2.05) is 6.92 Å². The molecule has 0 aliphatic carbocycles.